The molecule has 1 aromatic heterocycles. The number of hydrogen-bond donors (Lipinski definition) is 2. The third kappa shape index (κ3) is 4.68. The molecule has 0 atom stereocenters. The maximum Gasteiger partial charge on any atom is 0.193 e. The summed E-state index contributed by atoms with van der Waals surface area (Å²) in [6.07, 6.45) is 1.77. The maximum atomic E-state index is 9.75. The number of guanidine groups is 1. The molecule has 5 nitrogen and oxygen atoms in total. The first-order valence-electron chi connectivity index (χ1n) is 7.43. The van der Waals surface area contributed by atoms with Crippen molar-refractivity contribution in [1.82, 2.24) is 10.2 Å². The molecule has 0 aliphatic carbocycles. The third-order valence-corrected chi connectivity index (χ3v) is 5.71. The molecule has 0 bridgehead atoms. The highest BCUT2D eigenvalue weighted by Gasteiger charge is 2.32. The highest BCUT2D eigenvalue weighted by Crippen LogP contribution is 2.29. The SMILES string of the molecule is CN=C(NCC1(CO)CCOCC1)N(C)Cc1ccc(Br)s1. The summed E-state index contributed by atoms with van der Waals surface area (Å²) in [4.78, 5) is 7.73. The van der Waals surface area contributed by atoms with E-state index in [0.29, 0.717) is 0 Å². The minimum Gasteiger partial charge on any atom is -0.396 e. The van der Waals surface area contributed by atoms with Gasteiger partial charge in [-0.3, -0.25) is 4.99 Å². The lowest BCUT2D eigenvalue weighted by Crippen LogP contribution is -2.47. The van der Waals surface area contributed by atoms with Gasteiger partial charge in [0.15, 0.2) is 5.96 Å². The molecule has 1 aliphatic rings. The molecule has 0 aromatic carbocycles. The van der Waals surface area contributed by atoms with Gasteiger partial charge in [-0.05, 0) is 40.9 Å². The molecule has 1 aromatic rings. The van der Waals surface area contributed by atoms with Crippen molar-refractivity contribution >= 4 is 33.2 Å². The zero-order chi connectivity index (χ0) is 16.0. The van der Waals surface area contributed by atoms with Crippen LogP contribution in [-0.2, 0) is 11.3 Å². The molecule has 2 heterocycles. The molecule has 7 heteroatoms. The van der Waals surface area contributed by atoms with Crippen LogP contribution in [0.15, 0.2) is 20.9 Å². The van der Waals surface area contributed by atoms with Crippen LogP contribution in [-0.4, -0.2) is 56.4 Å². The van der Waals surface area contributed by atoms with Gasteiger partial charge in [-0.15, -0.1) is 11.3 Å². The molecule has 22 heavy (non-hydrogen) atoms. The first-order chi connectivity index (χ1) is 10.6. The Hall–Kier alpha value is -0.630. The highest BCUT2D eigenvalue weighted by molar-refractivity contribution is 9.11. The van der Waals surface area contributed by atoms with Crippen LogP contribution in [0, 0.1) is 5.41 Å². The Kier molecular flexibility index (Phi) is 6.67. The van der Waals surface area contributed by atoms with E-state index in [2.05, 4.69) is 43.3 Å². The van der Waals surface area contributed by atoms with Crippen molar-refractivity contribution in [3.05, 3.63) is 20.8 Å². The number of nitrogens with one attached hydrogen (secondary N) is 1. The Balaban J connectivity index is 1.91. The molecule has 124 valence electrons. The van der Waals surface area contributed by atoms with E-state index < -0.39 is 0 Å². The number of thiophene rings is 1. The van der Waals surface area contributed by atoms with Crippen LogP contribution in [0.2, 0.25) is 0 Å². The summed E-state index contributed by atoms with van der Waals surface area (Å²) in [5.41, 5.74) is -0.0962. The molecular weight excluding hydrogens is 366 g/mol. The van der Waals surface area contributed by atoms with Crippen molar-refractivity contribution in [2.24, 2.45) is 10.4 Å². The van der Waals surface area contributed by atoms with Gasteiger partial charge in [-0.1, -0.05) is 0 Å². The van der Waals surface area contributed by atoms with Crippen LogP contribution < -0.4 is 5.32 Å². The summed E-state index contributed by atoms with van der Waals surface area (Å²) in [5, 5.41) is 13.2. The van der Waals surface area contributed by atoms with Crippen LogP contribution in [0.1, 0.15) is 17.7 Å². The lowest BCUT2D eigenvalue weighted by atomic mass is 9.81. The summed E-state index contributed by atoms with van der Waals surface area (Å²) in [6.45, 7) is 3.16. The van der Waals surface area contributed by atoms with Gasteiger partial charge in [0, 0.05) is 44.1 Å². The molecule has 2 rings (SSSR count). The largest absolute Gasteiger partial charge is 0.396 e. The lowest BCUT2D eigenvalue weighted by Gasteiger charge is -2.36. The number of aliphatic imine (C=N–C) groups is 1. The predicted molar refractivity (Wildman–Crippen MR) is 94.4 cm³/mol. The van der Waals surface area contributed by atoms with E-state index in [1.165, 1.54) is 4.88 Å². The second-order valence-electron chi connectivity index (χ2n) is 5.73. The fraction of sp³-hybridized carbons (Fsp3) is 0.667. The van der Waals surface area contributed by atoms with Crippen molar-refractivity contribution in [1.29, 1.82) is 0 Å². The second kappa shape index (κ2) is 8.29. The number of aliphatic hydroxyl groups is 1. The zero-order valence-electron chi connectivity index (χ0n) is 13.1. The third-order valence-electron chi connectivity index (χ3n) is 4.11. The van der Waals surface area contributed by atoms with Crippen LogP contribution >= 0.6 is 27.3 Å². The molecular formula is C15H24BrN3O2S. The number of halogens is 1. The normalized spacial score (nSPS) is 18.3. The molecule has 0 saturated carbocycles. The molecule has 0 amide bonds. The number of rotatable bonds is 5. The van der Waals surface area contributed by atoms with E-state index in [0.717, 1.165) is 48.9 Å². The molecule has 1 aliphatic heterocycles. The van der Waals surface area contributed by atoms with Gasteiger partial charge in [-0.25, -0.2) is 0 Å². The van der Waals surface area contributed by atoms with Crippen LogP contribution in [0.25, 0.3) is 0 Å². The molecule has 2 N–H and O–H groups in total. The van der Waals surface area contributed by atoms with Gasteiger partial charge in [0.05, 0.1) is 16.9 Å². The standard InChI is InChI=1S/C15H24BrN3O2S/c1-17-14(19(2)9-12-3-4-13(16)22-12)18-10-15(11-20)5-7-21-8-6-15/h3-4,20H,5-11H2,1-2H3,(H,17,18). The van der Waals surface area contributed by atoms with Gasteiger partial charge >= 0.3 is 0 Å². The van der Waals surface area contributed by atoms with Crippen LogP contribution in [0.4, 0.5) is 0 Å². The van der Waals surface area contributed by atoms with E-state index in [-0.39, 0.29) is 12.0 Å². The second-order valence-corrected chi connectivity index (χ2v) is 8.28. The van der Waals surface area contributed by atoms with Gasteiger partial charge in [0.2, 0.25) is 0 Å². The van der Waals surface area contributed by atoms with E-state index in [1.54, 1.807) is 18.4 Å². The minimum atomic E-state index is -0.0962. The maximum absolute atomic E-state index is 9.75. The Morgan fingerprint density at radius 3 is 2.77 bits per heavy atom. The number of hydrogen-bond acceptors (Lipinski definition) is 4. The monoisotopic (exact) mass is 389 g/mol. The topological polar surface area (TPSA) is 57.1 Å². The molecule has 0 unspecified atom stereocenters. The predicted octanol–water partition coefficient (Wildman–Crippen LogP) is 2.31. The van der Waals surface area contributed by atoms with Crippen molar-refractivity contribution < 1.29 is 9.84 Å². The number of aliphatic hydroxyl groups excluding tert-OH is 1. The van der Waals surface area contributed by atoms with Crippen LogP contribution in [0.3, 0.4) is 0 Å². The average Bonchev–Trinajstić information content (AvgIpc) is 2.94. The van der Waals surface area contributed by atoms with Crippen molar-refractivity contribution in [2.45, 2.75) is 19.4 Å². The first kappa shape index (κ1) is 17.7. The summed E-state index contributed by atoms with van der Waals surface area (Å²) < 4.78 is 6.55. The fourth-order valence-corrected chi connectivity index (χ4v) is 4.13. The lowest BCUT2D eigenvalue weighted by molar-refractivity contribution is -0.0134. The Labute approximate surface area is 144 Å². The van der Waals surface area contributed by atoms with Gasteiger partial charge in [0.1, 0.15) is 0 Å². The Morgan fingerprint density at radius 1 is 1.50 bits per heavy atom. The van der Waals surface area contributed by atoms with Crippen molar-refractivity contribution in [3.8, 4) is 0 Å². The molecule has 0 spiro atoms. The smallest absolute Gasteiger partial charge is 0.193 e. The summed E-state index contributed by atoms with van der Waals surface area (Å²) >= 11 is 5.22. The van der Waals surface area contributed by atoms with E-state index in [1.807, 2.05) is 7.05 Å². The summed E-state index contributed by atoms with van der Waals surface area (Å²) in [6, 6.07) is 4.18. The van der Waals surface area contributed by atoms with Crippen molar-refractivity contribution in [2.75, 3.05) is 40.5 Å². The van der Waals surface area contributed by atoms with E-state index in [4.69, 9.17) is 4.74 Å². The quantitative estimate of drug-likeness (QED) is 0.599. The zero-order valence-corrected chi connectivity index (χ0v) is 15.5. The number of nitrogens with zero attached hydrogens (tertiary/aromatic N) is 2. The number of ether oxygens (including phenoxy) is 1. The minimum absolute atomic E-state index is 0.0962. The first-order valence-corrected chi connectivity index (χ1v) is 9.04. The van der Waals surface area contributed by atoms with Gasteiger partial charge in [0.25, 0.3) is 0 Å². The van der Waals surface area contributed by atoms with Gasteiger partial charge in [-0.2, -0.15) is 0 Å². The molecule has 1 saturated heterocycles. The van der Waals surface area contributed by atoms with E-state index >= 15 is 0 Å². The Bertz CT molecular complexity index is 501. The average molecular weight is 390 g/mol. The Morgan fingerprint density at radius 2 is 2.23 bits per heavy atom. The van der Waals surface area contributed by atoms with E-state index in [9.17, 15) is 5.11 Å². The molecule has 0 radical (unpaired) electrons. The summed E-state index contributed by atoms with van der Waals surface area (Å²) in [7, 11) is 3.82. The van der Waals surface area contributed by atoms with Crippen LogP contribution in [0.5, 0.6) is 0 Å². The molecule has 1 fully saturated rings. The van der Waals surface area contributed by atoms with Gasteiger partial charge < -0.3 is 20.1 Å². The fourth-order valence-electron chi connectivity index (χ4n) is 2.59. The van der Waals surface area contributed by atoms with Crippen molar-refractivity contribution in [3.63, 3.8) is 0 Å². The summed E-state index contributed by atoms with van der Waals surface area (Å²) in [5.74, 6) is 0.851. The highest BCUT2D eigenvalue weighted by atomic mass is 79.9.